The SMILES string of the molecule is Br.[CH3][Mg][CH]1CCCCC1. The summed E-state index contributed by atoms with van der Waals surface area (Å²) in [6.45, 7) is 0. The lowest BCUT2D eigenvalue weighted by molar-refractivity contribution is 0.501. The van der Waals surface area contributed by atoms with E-state index in [4.69, 9.17) is 0 Å². The van der Waals surface area contributed by atoms with Gasteiger partial charge in [0.25, 0.3) is 0 Å². The molecule has 0 bridgehead atoms. The first kappa shape index (κ1) is 10.2. The highest BCUT2D eigenvalue weighted by Gasteiger charge is 2.11. The topological polar surface area (TPSA) is 0 Å². The molecule has 0 spiro atoms. The minimum atomic E-state index is 0. The Hall–Kier alpha value is 1.25. The molecule has 0 aromatic carbocycles. The predicted molar refractivity (Wildman–Crippen MR) is 48.8 cm³/mol. The zero-order chi connectivity index (χ0) is 5.82. The van der Waals surface area contributed by atoms with Crippen LogP contribution in [0.15, 0.2) is 0 Å². The average Bonchev–Trinajstić information content (AvgIpc) is 1.90. The predicted octanol–water partition coefficient (Wildman–Crippen LogP) is 3.07. The van der Waals surface area contributed by atoms with Crippen molar-refractivity contribution < 1.29 is 0 Å². The van der Waals surface area contributed by atoms with Gasteiger partial charge in [-0.1, -0.05) is 32.1 Å². The fourth-order valence-electron chi connectivity index (χ4n) is 1.60. The molecule has 0 amide bonds. The van der Waals surface area contributed by atoms with E-state index >= 15 is 0 Å². The Morgan fingerprint density at radius 2 is 1.67 bits per heavy atom. The van der Waals surface area contributed by atoms with Crippen molar-refractivity contribution in [2.24, 2.45) is 0 Å². The normalized spacial score (nSPS) is 20.1. The Kier molecular flexibility index (Phi) is 6.82. The lowest BCUT2D eigenvalue weighted by Crippen LogP contribution is -2.04. The van der Waals surface area contributed by atoms with E-state index in [0.717, 1.165) is 0 Å². The summed E-state index contributed by atoms with van der Waals surface area (Å²) in [6, 6.07) is 0. The van der Waals surface area contributed by atoms with E-state index in [9.17, 15) is 0 Å². The molecule has 1 rings (SSSR count). The molecule has 52 valence electrons. The lowest BCUT2D eigenvalue weighted by Gasteiger charge is -2.19. The molecule has 1 saturated carbocycles. The molecule has 0 heterocycles. The van der Waals surface area contributed by atoms with Gasteiger partial charge in [0.15, 0.2) is 0 Å². The Labute approximate surface area is 78.3 Å². The summed E-state index contributed by atoms with van der Waals surface area (Å²) in [5, 5.41) is 2.45. The Balaban J connectivity index is 0.000000640. The smallest absolute Gasteiger partial charge is 0.157 e. The van der Waals surface area contributed by atoms with Gasteiger partial charge in [-0.3, -0.25) is 0 Å². The van der Waals surface area contributed by atoms with Crippen molar-refractivity contribution in [2.45, 2.75) is 41.2 Å². The standard InChI is InChI=1S/C6H11.CH3.BrH.Mg/c1-2-4-6-5-3-1;;;/h1H,2-6H2;1H3;1H;. The second-order valence-electron chi connectivity index (χ2n) is 2.91. The monoisotopic (exact) mass is 202 g/mol. The minimum absolute atomic E-state index is 0. The van der Waals surface area contributed by atoms with E-state index in [2.05, 4.69) is 5.05 Å². The van der Waals surface area contributed by atoms with E-state index in [-0.39, 0.29) is 17.0 Å². The van der Waals surface area contributed by atoms with Gasteiger partial charge < -0.3 is 0 Å². The molecule has 9 heavy (non-hydrogen) atoms. The molecule has 0 aliphatic heterocycles. The van der Waals surface area contributed by atoms with Crippen molar-refractivity contribution in [3.05, 3.63) is 0 Å². The van der Waals surface area contributed by atoms with Crippen molar-refractivity contribution in [3.8, 4) is 0 Å². The van der Waals surface area contributed by atoms with E-state index in [1.807, 2.05) is 0 Å². The van der Waals surface area contributed by atoms with Crippen LogP contribution in [0.3, 0.4) is 0 Å². The molecule has 1 fully saturated rings. The van der Waals surface area contributed by atoms with Gasteiger partial charge in [-0.15, -0.1) is 21.0 Å². The van der Waals surface area contributed by atoms with Crippen LogP contribution in [-0.4, -0.2) is 20.4 Å². The quantitative estimate of drug-likeness (QED) is 0.575. The molecular weight excluding hydrogens is 188 g/mol. The molecule has 2 heteroatoms. The summed E-state index contributed by atoms with van der Waals surface area (Å²) < 4.78 is 1.23. The highest BCUT2D eigenvalue weighted by atomic mass is 79.9. The number of hydrogen-bond acceptors (Lipinski definition) is 0. The maximum absolute atomic E-state index is 2.45. The molecule has 0 unspecified atom stereocenters. The molecule has 0 aromatic heterocycles. The van der Waals surface area contributed by atoms with Crippen LogP contribution in [0, 0.1) is 0 Å². The van der Waals surface area contributed by atoms with Crippen molar-refractivity contribution in [3.63, 3.8) is 0 Å². The highest BCUT2D eigenvalue weighted by molar-refractivity contribution is 8.93. The Morgan fingerprint density at radius 3 is 2.00 bits per heavy atom. The van der Waals surface area contributed by atoms with Crippen molar-refractivity contribution in [1.82, 2.24) is 0 Å². The second-order valence-corrected chi connectivity index (χ2v) is 4.88. The number of rotatable bonds is 1. The van der Waals surface area contributed by atoms with Gasteiger partial charge in [-0.25, -0.2) is 0 Å². The number of hydrogen-bond donors (Lipinski definition) is 0. The van der Waals surface area contributed by atoms with Crippen LogP contribution in [0.1, 0.15) is 32.1 Å². The van der Waals surface area contributed by atoms with E-state index in [1.54, 1.807) is 12.8 Å². The minimum Gasteiger partial charge on any atom is -0.157 e. The van der Waals surface area contributed by atoms with Crippen LogP contribution >= 0.6 is 17.0 Å². The van der Waals surface area contributed by atoms with Crippen molar-refractivity contribution in [1.29, 1.82) is 0 Å². The summed E-state index contributed by atoms with van der Waals surface area (Å²) in [5.74, 6) is 0. The van der Waals surface area contributed by atoms with Crippen LogP contribution in [0.5, 0.6) is 0 Å². The molecule has 0 N–H and O–H groups in total. The maximum Gasteiger partial charge on any atom is 0.364 e. The Bertz CT molecular complexity index is 59.9. The maximum atomic E-state index is 2.45. The largest absolute Gasteiger partial charge is 0.364 e. The van der Waals surface area contributed by atoms with Gasteiger partial charge in [0, 0.05) is 0 Å². The summed E-state index contributed by atoms with van der Waals surface area (Å²) in [5.41, 5.74) is 0. The zero-order valence-corrected chi connectivity index (χ0v) is 9.36. The van der Waals surface area contributed by atoms with Crippen LogP contribution in [0.4, 0.5) is 0 Å². The zero-order valence-electron chi connectivity index (χ0n) is 6.23. The number of halogens is 1. The molecular formula is C7H15BrMg. The average molecular weight is 203 g/mol. The molecule has 0 radical (unpaired) electrons. The van der Waals surface area contributed by atoms with E-state index in [1.165, 1.54) is 23.3 Å². The van der Waals surface area contributed by atoms with Crippen molar-refractivity contribution in [2.75, 3.05) is 0 Å². The third kappa shape index (κ3) is 3.84. The van der Waals surface area contributed by atoms with Gasteiger partial charge in [0.1, 0.15) is 0 Å². The summed E-state index contributed by atoms with van der Waals surface area (Å²) >= 11 is 0.368. The van der Waals surface area contributed by atoms with Gasteiger partial charge in [-0.2, -0.15) is 5.05 Å². The van der Waals surface area contributed by atoms with Crippen LogP contribution < -0.4 is 0 Å². The second kappa shape index (κ2) is 5.99. The lowest BCUT2D eigenvalue weighted by atomic mass is 10.00. The molecule has 1 aliphatic carbocycles. The summed E-state index contributed by atoms with van der Waals surface area (Å²) in [4.78, 5) is 0. The van der Waals surface area contributed by atoms with Gasteiger partial charge >= 0.3 is 20.4 Å². The fourth-order valence-corrected chi connectivity index (χ4v) is 2.99. The van der Waals surface area contributed by atoms with Gasteiger partial charge in [-0.05, 0) is 0 Å². The molecule has 0 nitrogen and oxygen atoms in total. The molecule has 1 aliphatic rings. The van der Waals surface area contributed by atoms with Crippen LogP contribution in [0.25, 0.3) is 0 Å². The fraction of sp³-hybridized carbons (Fsp3) is 1.00. The van der Waals surface area contributed by atoms with Gasteiger partial charge in [0.05, 0.1) is 0 Å². The van der Waals surface area contributed by atoms with Crippen LogP contribution in [-0.2, 0) is 0 Å². The highest BCUT2D eigenvalue weighted by Crippen LogP contribution is 2.27. The molecule has 0 atom stereocenters. The van der Waals surface area contributed by atoms with Gasteiger partial charge in [0.2, 0.25) is 0 Å². The van der Waals surface area contributed by atoms with Crippen molar-refractivity contribution >= 4 is 37.3 Å². The van der Waals surface area contributed by atoms with E-state index in [0.29, 0.717) is 20.4 Å². The molecule has 0 aromatic rings. The first-order valence-electron chi connectivity index (χ1n) is 3.93. The molecule has 0 saturated heterocycles. The van der Waals surface area contributed by atoms with E-state index < -0.39 is 0 Å². The summed E-state index contributed by atoms with van der Waals surface area (Å²) in [7, 11) is 0. The third-order valence-electron chi connectivity index (χ3n) is 2.30. The van der Waals surface area contributed by atoms with Crippen LogP contribution in [0.2, 0.25) is 9.10 Å². The first-order valence-corrected chi connectivity index (χ1v) is 6.16. The third-order valence-corrected chi connectivity index (χ3v) is 4.27. The summed E-state index contributed by atoms with van der Waals surface area (Å²) in [6.07, 6.45) is 7.73. The Morgan fingerprint density at radius 1 is 1.11 bits per heavy atom. The first-order chi connectivity index (χ1) is 3.93.